The summed E-state index contributed by atoms with van der Waals surface area (Å²) in [6.45, 7) is 0.732. The highest BCUT2D eigenvalue weighted by Crippen LogP contribution is 2.24. The van der Waals surface area contributed by atoms with Gasteiger partial charge in [0.2, 0.25) is 0 Å². The highest BCUT2D eigenvalue weighted by atomic mass is 16.4. The third-order valence-electron chi connectivity index (χ3n) is 3.50. The SMILES string of the molecule is NCCCC/C1=C/CCC(N)[C@H](C(=O)O)CC1. The maximum atomic E-state index is 11.1. The Bertz CT molecular complexity index is 277. The number of unbranched alkanes of at least 4 members (excludes halogenated alkanes) is 1. The van der Waals surface area contributed by atoms with Crippen LogP contribution in [0, 0.1) is 5.92 Å². The van der Waals surface area contributed by atoms with E-state index in [9.17, 15) is 4.79 Å². The third kappa shape index (κ3) is 4.88. The van der Waals surface area contributed by atoms with E-state index in [4.69, 9.17) is 16.6 Å². The molecule has 0 saturated carbocycles. The summed E-state index contributed by atoms with van der Waals surface area (Å²) in [5.41, 5.74) is 12.7. The minimum atomic E-state index is -0.749. The third-order valence-corrected chi connectivity index (χ3v) is 3.50. The Morgan fingerprint density at radius 1 is 1.41 bits per heavy atom. The van der Waals surface area contributed by atoms with Crippen LogP contribution in [0.1, 0.15) is 44.9 Å². The van der Waals surface area contributed by atoms with E-state index in [1.54, 1.807) is 0 Å². The first-order chi connectivity index (χ1) is 8.15. The van der Waals surface area contributed by atoms with Gasteiger partial charge in [-0.2, -0.15) is 0 Å². The number of carbonyl (C=O) groups is 1. The number of rotatable bonds is 5. The molecule has 0 aromatic heterocycles. The molecular weight excluding hydrogens is 216 g/mol. The first kappa shape index (κ1) is 14.2. The smallest absolute Gasteiger partial charge is 0.308 e. The summed E-state index contributed by atoms with van der Waals surface area (Å²) in [5, 5.41) is 9.11. The fourth-order valence-corrected chi connectivity index (χ4v) is 2.37. The van der Waals surface area contributed by atoms with Crippen LogP contribution in [0.25, 0.3) is 0 Å². The standard InChI is InChI=1S/C13H24N2O2/c14-9-2-1-4-10-5-3-6-12(15)11(8-7-10)13(16)17/h5,11-12H,1-4,6-9,14-15H2,(H,16,17)/b10-5-/t11-,12?/m1/s1. The van der Waals surface area contributed by atoms with Crippen LogP contribution in [0.15, 0.2) is 11.6 Å². The molecule has 0 heterocycles. The topological polar surface area (TPSA) is 89.3 Å². The molecule has 17 heavy (non-hydrogen) atoms. The monoisotopic (exact) mass is 240 g/mol. The second-order valence-electron chi connectivity index (χ2n) is 4.83. The Morgan fingerprint density at radius 3 is 2.82 bits per heavy atom. The average Bonchev–Trinajstić information content (AvgIpc) is 2.25. The molecule has 98 valence electrons. The normalized spacial score (nSPS) is 28.9. The Morgan fingerprint density at radius 2 is 2.18 bits per heavy atom. The zero-order valence-electron chi connectivity index (χ0n) is 10.4. The fraction of sp³-hybridized carbons (Fsp3) is 0.769. The summed E-state index contributed by atoms with van der Waals surface area (Å²) in [4.78, 5) is 11.1. The van der Waals surface area contributed by atoms with Crippen LogP contribution in [-0.2, 0) is 4.79 Å². The lowest BCUT2D eigenvalue weighted by atomic mass is 9.86. The molecule has 0 radical (unpaired) electrons. The molecule has 0 aliphatic heterocycles. The maximum Gasteiger partial charge on any atom is 0.308 e. The summed E-state index contributed by atoms with van der Waals surface area (Å²) in [6.07, 6.45) is 8.67. The van der Waals surface area contributed by atoms with E-state index < -0.39 is 5.97 Å². The Hall–Kier alpha value is -0.870. The van der Waals surface area contributed by atoms with Gasteiger partial charge in [-0.05, 0) is 51.5 Å². The lowest BCUT2D eigenvalue weighted by Gasteiger charge is -2.23. The molecule has 0 saturated heterocycles. The van der Waals surface area contributed by atoms with Crippen LogP contribution >= 0.6 is 0 Å². The predicted molar refractivity (Wildman–Crippen MR) is 68.6 cm³/mol. The second kappa shape index (κ2) is 7.45. The van der Waals surface area contributed by atoms with Crippen molar-refractivity contribution in [3.05, 3.63) is 11.6 Å². The van der Waals surface area contributed by atoms with Gasteiger partial charge in [-0.25, -0.2) is 0 Å². The predicted octanol–water partition coefficient (Wildman–Crippen LogP) is 1.64. The van der Waals surface area contributed by atoms with Gasteiger partial charge in [0.25, 0.3) is 0 Å². The van der Waals surface area contributed by atoms with Gasteiger partial charge in [-0.1, -0.05) is 11.6 Å². The number of allylic oxidation sites excluding steroid dienone is 2. The first-order valence-corrected chi connectivity index (χ1v) is 6.51. The molecule has 4 heteroatoms. The maximum absolute atomic E-state index is 11.1. The Kier molecular flexibility index (Phi) is 6.22. The van der Waals surface area contributed by atoms with Crippen LogP contribution < -0.4 is 11.5 Å². The van der Waals surface area contributed by atoms with Crippen LogP contribution in [0.2, 0.25) is 0 Å². The van der Waals surface area contributed by atoms with Crippen molar-refractivity contribution in [2.45, 2.75) is 51.0 Å². The van der Waals surface area contributed by atoms with E-state index in [1.807, 2.05) is 0 Å². The summed E-state index contributed by atoms with van der Waals surface area (Å²) in [5.74, 6) is -1.13. The Balaban J connectivity index is 2.48. The largest absolute Gasteiger partial charge is 0.481 e. The van der Waals surface area contributed by atoms with Crippen LogP contribution in [-0.4, -0.2) is 23.7 Å². The number of hydrogen-bond donors (Lipinski definition) is 3. The molecule has 4 nitrogen and oxygen atoms in total. The molecule has 1 rings (SSSR count). The number of nitrogens with two attached hydrogens (primary N) is 2. The minimum Gasteiger partial charge on any atom is -0.481 e. The van der Waals surface area contributed by atoms with Crippen molar-refractivity contribution in [2.75, 3.05) is 6.54 Å². The van der Waals surface area contributed by atoms with E-state index in [0.29, 0.717) is 6.42 Å². The molecule has 0 bridgehead atoms. The molecule has 0 fully saturated rings. The van der Waals surface area contributed by atoms with Crippen molar-refractivity contribution in [3.8, 4) is 0 Å². The number of aliphatic carboxylic acids is 1. The average molecular weight is 240 g/mol. The van der Waals surface area contributed by atoms with Crippen LogP contribution in [0.5, 0.6) is 0 Å². The van der Waals surface area contributed by atoms with Gasteiger partial charge >= 0.3 is 5.97 Å². The molecule has 1 aliphatic rings. The van der Waals surface area contributed by atoms with E-state index in [2.05, 4.69) is 6.08 Å². The first-order valence-electron chi connectivity index (χ1n) is 6.51. The quantitative estimate of drug-likeness (QED) is 0.503. The zero-order chi connectivity index (χ0) is 12.7. The summed E-state index contributed by atoms with van der Waals surface area (Å²) < 4.78 is 0. The Labute approximate surface area is 103 Å². The van der Waals surface area contributed by atoms with Gasteiger partial charge in [0.05, 0.1) is 5.92 Å². The lowest BCUT2D eigenvalue weighted by Crippen LogP contribution is -2.36. The highest BCUT2D eigenvalue weighted by molar-refractivity contribution is 5.70. The van der Waals surface area contributed by atoms with Crippen molar-refractivity contribution in [3.63, 3.8) is 0 Å². The molecule has 0 aromatic carbocycles. The van der Waals surface area contributed by atoms with Gasteiger partial charge in [0.15, 0.2) is 0 Å². The highest BCUT2D eigenvalue weighted by Gasteiger charge is 2.25. The second-order valence-corrected chi connectivity index (χ2v) is 4.83. The van der Waals surface area contributed by atoms with Gasteiger partial charge in [-0.3, -0.25) is 4.79 Å². The molecule has 2 atom stereocenters. The van der Waals surface area contributed by atoms with E-state index >= 15 is 0 Å². The molecule has 0 amide bonds. The van der Waals surface area contributed by atoms with Crippen molar-refractivity contribution in [1.82, 2.24) is 0 Å². The van der Waals surface area contributed by atoms with Crippen LogP contribution in [0.3, 0.4) is 0 Å². The van der Waals surface area contributed by atoms with E-state index in [1.165, 1.54) is 5.57 Å². The number of hydrogen-bond acceptors (Lipinski definition) is 3. The fourth-order valence-electron chi connectivity index (χ4n) is 2.37. The molecule has 0 aromatic rings. The number of carboxylic acid groups (broad SMARTS) is 1. The molecule has 5 N–H and O–H groups in total. The summed E-state index contributed by atoms with van der Waals surface area (Å²) in [6, 6.07) is -0.200. The van der Waals surface area contributed by atoms with Crippen molar-refractivity contribution in [1.29, 1.82) is 0 Å². The van der Waals surface area contributed by atoms with E-state index in [-0.39, 0.29) is 12.0 Å². The minimum absolute atomic E-state index is 0.200. The molecule has 0 spiro atoms. The van der Waals surface area contributed by atoms with Gasteiger partial charge in [0.1, 0.15) is 0 Å². The van der Waals surface area contributed by atoms with Crippen molar-refractivity contribution < 1.29 is 9.90 Å². The van der Waals surface area contributed by atoms with Crippen LogP contribution in [0.4, 0.5) is 0 Å². The van der Waals surface area contributed by atoms with Gasteiger partial charge in [-0.15, -0.1) is 0 Å². The van der Waals surface area contributed by atoms with Gasteiger partial charge in [0, 0.05) is 6.04 Å². The van der Waals surface area contributed by atoms with Crippen molar-refractivity contribution >= 4 is 5.97 Å². The zero-order valence-corrected chi connectivity index (χ0v) is 10.4. The number of carboxylic acids is 1. The van der Waals surface area contributed by atoms with E-state index in [0.717, 1.165) is 45.1 Å². The summed E-state index contributed by atoms with van der Waals surface area (Å²) >= 11 is 0. The van der Waals surface area contributed by atoms with Crippen molar-refractivity contribution in [2.24, 2.45) is 17.4 Å². The lowest BCUT2D eigenvalue weighted by molar-refractivity contribution is -0.142. The summed E-state index contributed by atoms with van der Waals surface area (Å²) in [7, 11) is 0. The molecular formula is C13H24N2O2. The molecule has 1 unspecified atom stereocenters. The van der Waals surface area contributed by atoms with Gasteiger partial charge < -0.3 is 16.6 Å². The molecule has 1 aliphatic carbocycles.